The minimum Gasteiger partial charge on any atom is -0.361 e. The van der Waals surface area contributed by atoms with Gasteiger partial charge in [0.1, 0.15) is 0 Å². The molecule has 0 amide bonds. The van der Waals surface area contributed by atoms with Crippen molar-refractivity contribution in [2.24, 2.45) is 11.0 Å². The average Bonchev–Trinajstić information content (AvgIpc) is 2.34. The summed E-state index contributed by atoms with van der Waals surface area (Å²) in [7, 11) is 0. The third-order valence-electron chi connectivity index (χ3n) is 2.08. The Morgan fingerprint density at radius 3 is 2.88 bits per heavy atom. The summed E-state index contributed by atoms with van der Waals surface area (Å²) in [4.78, 5) is 4.04. The molecule has 0 aliphatic rings. The van der Waals surface area contributed by atoms with E-state index in [2.05, 4.69) is 34.7 Å². The minimum atomic E-state index is 0.543. The fourth-order valence-electron chi connectivity index (χ4n) is 1.11. The zero-order valence-electron chi connectivity index (χ0n) is 10.4. The Balaban J connectivity index is 2.46. The predicted molar refractivity (Wildman–Crippen MR) is 75.0 cm³/mol. The van der Waals surface area contributed by atoms with E-state index in [9.17, 15) is 0 Å². The number of hydrogen-bond acceptors (Lipinski definition) is 3. The maximum atomic E-state index is 5.10. The summed E-state index contributed by atoms with van der Waals surface area (Å²) in [6.45, 7) is 7.00. The maximum absolute atomic E-state index is 5.10. The molecular formula is C12H18N4S. The second kappa shape index (κ2) is 6.96. The number of aromatic nitrogens is 1. The van der Waals surface area contributed by atoms with Gasteiger partial charge in [-0.25, -0.2) is 0 Å². The minimum absolute atomic E-state index is 0.543. The van der Waals surface area contributed by atoms with Crippen LogP contribution in [0.2, 0.25) is 0 Å². The molecule has 1 rings (SSSR count). The first-order valence-electron chi connectivity index (χ1n) is 5.58. The van der Waals surface area contributed by atoms with Crippen molar-refractivity contribution >= 4 is 23.0 Å². The van der Waals surface area contributed by atoms with Crippen molar-refractivity contribution in [2.75, 3.05) is 6.54 Å². The van der Waals surface area contributed by atoms with Crippen LogP contribution < -0.4 is 10.7 Å². The van der Waals surface area contributed by atoms with Gasteiger partial charge < -0.3 is 5.32 Å². The Morgan fingerprint density at radius 2 is 2.29 bits per heavy atom. The van der Waals surface area contributed by atoms with Crippen LogP contribution in [-0.2, 0) is 0 Å². The molecule has 1 heterocycles. The average molecular weight is 250 g/mol. The van der Waals surface area contributed by atoms with Crippen LogP contribution in [0.3, 0.4) is 0 Å². The Hall–Kier alpha value is -1.49. The normalized spacial score (nSPS) is 11.4. The molecule has 17 heavy (non-hydrogen) atoms. The van der Waals surface area contributed by atoms with Crippen LogP contribution in [0.15, 0.2) is 29.6 Å². The van der Waals surface area contributed by atoms with E-state index in [0.29, 0.717) is 11.0 Å². The van der Waals surface area contributed by atoms with Crippen molar-refractivity contribution in [1.82, 2.24) is 15.7 Å². The second-order valence-electron chi connectivity index (χ2n) is 4.15. The van der Waals surface area contributed by atoms with Gasteiger partial charge in [0.05, 0.1) is 5.71 Å². The molecule has 0 radical (unpaired) electrons. The second-order valence-corrected chi connectivity index (χ2v) is 4.56. The van der Waals surface area contributed by atoms with Crippen molar-refractivity contribution in [3.63, 3.8) is 0 Å². The highest BCUT2D eigenvalue weighted by molar-refractivity contribution is 7.80. The lowest BCUT2D eigenvalue weighted by Crippen LogP contribution is -2.34. The van der Waals surface area contributed by atoms with Gasteiger partial charge in [0, 0.05) is 24.5 Å². The molecule has 0 aliphatic carbocycles. The van der Waals surface area contributed by atoms with E-state index in [1.54, 1.807) is 12.4 Å². The first kappa shape index (κ1) is 13.6. The Labute approximate surface area is 108 Å². The van der Waals surface area contributed by atoms with Gasteiger partial charge in [0.2, 0.25) is 0 Å². The maximum Gasteiger partial charge on any atom is 0.186 e. The van der Waals surface area contributed by atoms with Gasteiger partial charge in [-0.3, -0.25) is 10.4 Å². The lowest BCUT2D eigenvalue weighted by atomic mass is 10.2. The van der Waals surface area contributed by atoms with Gasteiger partial charge in [-0.1, -0.05) is 19.9 Å². The zero-order valence-corrected chi connectivity index (χ0v) is 11.2. The van der Waals surface area contributed by atoms with E-state index in [1.807, 2.05) is 19.1 Å². The highest BCUT2D eigenvalue weighted by atomic mass is 32.1. The summed E-state index contributed by atoms with van der Waals surface area (Å²) in [6, 6.07) is 3.84. The van der Waals surface area contributed by atoms with Crippen LogP contribution in [0.4, 0.5) is 0 Å². The van der Waals surface area contributed by atoms with Gasteiger partial charge in [-0.05, 0) is 31.1 Å². The number of thiocarbonyl (C=S) groups is 1. The van der Waals surface area contributed by atoms with E-state index >= 15 is 0 Å². The molecule has 5 heteroatoms. The van der Waals surface area contributed by atoms with Crippen molar-refractivity contribution in [2.45, 2.75) is 20.8 Å². The smallest absolute Gasteiger partial charge is 0.186 e. The highest BCUT2D eigenvalue weighted by Crippen LogP contribution is 1.97. The van der Waals surface area contributed by atoms with Gasteiger partial charge in [0.25, 0.3) is 0 Å². The molecule has 0 aliphatic heterocycles. The first-order valence-corrected chi connectivity index (χ1v) is 5.99. The number of nitrogens with one attached hydrogen (secondary N) is 2. The molecule has 2 N–H and O–H groups in total. The number of pyridine rings is 1. The zero-order chi connectivity index (χ0) is 12.7. The van der Waals surface area contributed by atoms with Gasteiger partial charge in [0.15, 0.2) is 5.11 Å². The van der Waals surface area contributed by atoms with E-state index in [0.717, 1.165) is 17.8 Å². The van der Waals surface area contributed by atoms with Crippen LogP contribution in [-0.4, -0.2) is 22.4 Å². The number of hydrazone groups is 1. The molecule has 1 aromatic rings. The van der Waals surface area contributed by atoms with Gasteiger partial charge in [-0.15, -0.1) is 0 Å². The van der Waals surface area contributed by atoms with Gasteiger partial charge in [-0.2, -0.15) is 5.10 Å². The largest absolute Gasteiger partial charge is 0.361 e. The van der Waals surface area contributed by atoms with Crippen LogP contribution in [0.1, 0.15) is 26.3 Å². The van der Waals surface area contributed by atoms with E-state index in [4.69, 9.17) is 12.2 Å². The molecule has 4 nitrogen and oxygen atoms in total. The summed E-state index contributed by atoms with van der Waals surface area (Å²) >= 11 is 5.10. The summed E-state index contributed by atoms with van der Waals surface area (Å²) in [5, 5.41) is 7.83. The quantitative estimate of drug-likeness (QED) is 0.487. The van der Waals surface area contributed by atoms with E-state index < -0.39 is 0 Å². The van der Waals surface area contributed by atoms with Gasteiger partial charge >= 0.3 is 0 Å². The Morgan fingerprint density at radius 1 is 1.53 bits per heavy atom. The molecule has 0 fully saturated rings. The number of hydrogen-bond donors (Lipinski definition) is 2. The van der Waals surface area contributed by atoms with Crippen LogP contribution in [0.25, 0.3) is 0 Å². The van der Waals surface area contributed by atoms with Crippen LogP contribution in [0.5, 0.6) is 0 Å². The highest BCUT2D eigenvalue weighted by Gasteiger charge is 1.98. The molecule has 0 saturated heterocycles. The molecule has 92 valence electrons. The standard InChI is InChI=1S/C12H18N4S/c1-9(2)7-14-12(17)16-15-10(3)11-5-4-6-13-8-11/h4-6,8-9H,7H2,1-3H3,(H2,14,16,17)/b15-10+. The monoisotopic (exact) mass is 250 g/mol. The fourth-order valence-corrected chi connectivity index (χ4v) is 1.24. The van der Waals surface area contributed by atoms with E-state index in [-0.39, 0.29) is 0 Å². The summed E-state index contributed by atoms with van der Waals surface area (Å²) in [6.07, 6.45) is 3.50. The Kier molecular flexibility index (Phi) is 5.56. The van der Waals surface area contributed by atoms with Crippen molar-refractivity contribution in [3.8, 4) is 0 Å². The molecular weight excluding hydrogens is 232 g/mol. The summed E-state index contributed by atoms with van der Waals surface area (Å²) < 4.78 is 0. The summed E-state index contributed by atoms with van der Waals surface area (Å²) in [5.41, 5.74) is 4.65. The molecule has 1 aromatic heterocycles. The molecule has 0 bridgehead atoms. The SMILES string of the molecule is C/C(=N\NC(=S)NCC(C)C)c1cccnc1. The molecule has 0 saturated carbocycles. The lowest BCUT2D eigenvalue weighted by molar-refractivity contribution is 0.621. The topological polar surface area (TPSA) is 49.3 Å². The fraction of sp³-hybridized carbons (Fsp3) is 0.417. The van der Waals surface area contributed by atoms with Crippen LogP contribution >= 0.6 is 12.2 Å². The molecule has 0 unspecified atom stereocenters. The molecule has 0 atom stereocenters. The van der Waals surface area contributed by atoms with Crippen molar-refractivity contribution in [1.29, 1.82) is 0 Å². The van der Waals surface area contributed by atoms with E-state index in [1.165, 1.54) is 0 Å². The summed E-state index contributed by atoms with van der Waals surface area (Å²) in [5.74, 6) is 0.554. The van der Waals surface area contributed by atoms with Crippen molar-refractivity contribution < 1.29 is 0 Å². The third-order valence-corrected chi connectivity index (χ3v) is 2.31. The Bertz CT molecular complexity index is 387. The predicted octanol–water partition coefficient (Wildman–Crippen LogP) is 1.93. The number of rotatable bonds is 4. The number of nitrogens with zero attached hydrogens (tertiary/aromatic N) is 2. The third kappa shape index (κ3) is 5.40. The molecule has 0 spiro atoms. The molecule has 0 aromatic carbocycles. The lowest BCUT2D eigenvalue weighted by Gasteiger charge is -2.09. The van der Waals surface area contributed by atoms with Crippen LogP contribution in [0, 0.1) is 5.92 Å². The van der Waals surface area contributed by atoms with Crippen molar-refractivity contribution in [3.05, 3.63) is 30.1 Å². The first-order chi connectivity index (χ1) is 8.09.